The predicted octanol–water partition coefficient (Wildman–Crippen LogP) is 4.37. The molecule has 0 saturated carbocycles. The number of ether oxygens (including phenoxy) is 2. The quantitative estimate of drug-likeness (QED) is 0.704. The first-order valence-corrected chi connectivity index (χ1v) is 9.31. The molecule has 0 amide bonds. The Balaban J connectivity index is 0.00000156. The second-order valence-electron chi connectivity index (χ2n) is 5.43. The Morgan fingerprint density at radius 2 is 1.76 bits per heavy atom. The number of hydrogen-bond donors (Lipinski definition) is 1. The molecule has 3 rings (SSSR count). The van der Waals surface area contributed by atoms with Crippen molar-refractivity contribution in [2.75, 3.05) is 40.4 Å². The Hall–Kier alpha value is -0.500. The van der Waals surface area contributed by atoms with Gasteiger partial charge in [0, 0.05) is 35.5 Å². The summed E-state index contributed by atoms with van der Waals surface area (Å²) in [4.78, 5) is 3.87. The molecular weight excluding hydrogens is 447 g/mol. The summed E-state index contributed by atoms with van der Waals surface area (Å²) in [5, 5.41) is 5.57. The van der Waals surface area contributed by atoms with Crippen LogP contribution in [0.3, 0.4) is 0 Å². The zero-order valence-corrected chi connectivity index (χ0v) is 18.2. The van der Waals surface area contributed by atoms with E-state index in [-0.39, 0.29) is 30.9 Å². The van der Waals surface area contributed by atoms with E-state index < -0.39 is 0 Å². The van der Waals surface area contributed by atoms with E-state index in [2.05, 4.69) is 49.7 Å². The topological polar surface area (TPSA) is 33.7 Å². The van der Waals surface area contributed by atoms with Crippen LogP contribution in [0.2, 0.25) is 0 Å². The smallest absolute Gasteiger partial charge is 0.161 e. The molecule has 0 radical (unpaired) electrons. The van der Waals surface area contributed by atoms with Gasteiger partial charge >= 0.3 is 0 Å². The largest absolute Gasteiger partial charge is 0.493 e. The lowest BCUT2D eigenvalue weighted by Crippen LogP contribution is -2.45. The zero-order chi connectivity index (χ0) is 16.2. The average molecular weight is 470 g/mol. The number of rotatable bonds is 5. The van der Waals surface area contributed by atoms with Crippen LogP contribution < -0.4 is 14.8 Å². The molecule has 1 aromatic carbocycles. The molecule has 25 heavy (non-hydrogen) atoms. The number of hydrogen-bond acceptors (Lipinski definition) is 5. The minimum atomic E-state index is 0. The van der Waals surface area contributed by atoms with E-state index in [1.807, 2.05) is 6.07 Å². The number of thiophene rings is 1. The lowest BCUT2D eigenvalue weighted by molar-refractivity contribution is 0.200. The Morgan fingerprint density at radius 3 is 2.32 bits per heavy atom. The van der Waals surface area contributed by atoms with Crippen LogP contribution in [0, 0.1) is 0 Å². The molecule has 1 aliphatic rings. The van der Waals surface area contributed by atoms with Crippen LogP contribution in [0.15, 0.2) is 34.1 Å². The molecule has 0 bridgehead atoms. The minimum absolute atomic E-state index is 0. The second kappa shape index (κ2) is 10.6. The highest BCUT2D eigenvalue weighted by Crippen LogP contribution is 2.41. The average Bonchev–Trinajstić information content (AvgIpc) is 3.11. The summed E-state index contributed by atoms with van der Waals surface area (Å²) in [6.07, 6.45) is 0. The van der Waals surface area contributed by atoms with E-state index in [0.717, 1.165) is 42.2 Å². The van der Waals surface area contributed by atoms with E-state index in [1.54, 1.807) is 25.6 Å². The minimum Gasteiger partial charge on any atom is -0.493 e. The highest BCUT2D eigenvalue weighted by Gasteiger charge is 2.27. The van der Waals surface area contributed by atoms with Crippen molar-refractivity contribution in [1.82, 2.24) is 10.2 Å². The third-order valence-corrected chi connectivity index (χ3v) is 5.74. The standard InChI is InChI=1S/C17H21BrN2O2S.2ClH/c1-21-14-10-12(13(18)11-15(14)22-2)17(16-4-3-9-23-16)20-7-5-19-6-8-20;;/h3-4,9-11,17,19H,5-8H2,1-2H3;2*1H/t17-;;/m1../s1. The number of piperazine rings is 1. The Labute approximate surface area is 173 Å². The fourth-order valence-electron chi connectivity index (χ4n) is 3.00. The van der Waals surface area contributed by atoms with E-state index in [1.165, 1.54) is 10.4 Å². The molecule has 2 aromatic rings. The summed E-state index contributed by atoms with van der Waals surface area (Å²) in [6.45, 7) is 4.10. The number of halogens is 3. The molecule has 1 atom stereocenters. The molecule has 2 heterocycles. The SMILES string of the molecule is COc1cc(Br)c([C@H](c2cccs2)N2CCNCC2)cc1OC.Cl.Cl. The Kier molecular flexibility index (Phi) is 9.56. The van der Waals surface area contributed by atoms with Crippen molar-refractivity contribution in [1.29, 1.82) is 0 Å². The number of methoxy groups -OCH3 is 2. The molecule has 0 aliphatic carbocycles. The van der Waals surface area contributed by atoms with E-state index >= 15 is 0 Å². The Morgan fingerprint density at radius 1 is 1.12 bits per heavy atom. The molecule has 4 nitrogen and oxygen atoms in total. The van der Waals surface area contributed by atoms with Gasteiger partial charge in [-0.3, -0.25) is 4.90 Å². The second-order valence-corrected chi connectivity index (χ2v) is 7.27. The van der Waals surface area contributed by atoms with Crippen LogP contribution in [0.4, 0.5) is 0 Å². The van der Waals surface area contributed by atoms with Crippen molar-refractivity contribution in [3.8, 4) is 11.5 Å². The maximum atomic E-state index is 5.51. The van der Waals surface area contributed by atoms with Gasteiger partial charge < -0.3 is 14.8 Å². The van der Waals surface area contributed by atoms with Crippen molar-refractivity contribution in [3.05, 3.63) is 44.6 Å². The van der Waals surface area contributed by atoms with Crippen molar-refractivity contribution in [2.24, 2.45) is 0 Å². The summed E-state index contributed by atoms with van der Waals surface area (Å²) in [6, 6.07) is 8.64. The summed E-state index contributed by atoms with van der Waals surface area (Å²) < 4.78 is 12.0. The van der Waals surface area contributed by atoms with Gasteiger partial charge in [-0.25, -0.2) is 0 Å². The van der Waals surface area contributed by atoms with Crippen LogP contribution in [-0.2, 0) is 0 Å². The number of nitrogens with zero attached hydrogens (tertiary/aromatic N) is 1. The van der Waals surface area contributed by atoms with E-state index in [4.69, 9.17) is 9.47 Å². The molecule has 1 saturated heterocycles. The van der Waals surface area contributed by atoms with Gasteiger partial charge in [0.1, 0.15) is 0 Å². The lowest BCUT2D eigenvalue weighted by Gasteiger charge is -2.35. The van der Waals surface area contributed by atoms with E-state index in [9.17, 15) is 0 Å². The maximum absolute atomic E-state index is 5.51. The highest BCUT2D eigenvalue weighted by atomic mass is 79.9. The molecule has 0 spiro atoms. The molecule has 1 aromatic heterocycles. The first kappa shape index (κ1) is 22.5. The van der Waals surface area contributed by atoms with Gasteiger partial charge in [0.2, 0.25) is 0 Å². The van der Waals surface area contributed by atoms with Gasteiger partial charge in [0.25, 0.3) is 0 Å². The van der Waals surface area contributed by atoms with Crippen LogP contribution in [0.5, 0.6) is 11.5 Å². The van der Waals surface area contributed by atoms with Crippen molar-refractivity contribution >= 4 is 52.1 Å². The summed E-state index contributed by atoms with van der Waals surface area (Å²) in [7, 11) is 3.34. The molecule has 140 valence electrons. The van der Waals surface area contributed by atoms with Gasteiger partial charge in [0.05, 0.1) is 20.3 Å². The third kappa shape index (κ3) is 5.02. The molecule has 0 unspecified atom stereocenters. The van der Waals surface area contributed by atoms with Crippen molar-refractivity contribution in [3.63, 3.8) is 0 Å². The van der Waals surface area contributed by atoms with Gasteiger partial charge in [-0.2, -0.15) is 0 Å². The van der Waals surface area contributed by atoms with Gasteiger partial charge in [-0.05, 0) is 29.1 Å². The summed E-state index contributed by atoms with van der Waals surface area (Å²) in [5.41, 5.74) is 1.21. The van der Waals surface area contributed by atoms with Crippen LogP contribution in [0.1, 0.15) is 16.5 Å². The highest BCUT2D eigenvalue weighted by molar-refractivity contribution is 9.10. The summed E-state index contributed by atoms with van der Waals surface area (Å²) in [5.74, 6) is 1.51. The molecule has 1 aliphatic heterocycles. The van der Waals surface area contributed by atoms with Crippen LogP contribution in [0.25, 0.3) is 0 Å². The molecular formula is C17H23BrCl2N2O2S. The summed E-state index contributed by atoms with van der Waals surface area (Å²) >= 11 is 5.53. The maximum Gasteiger partial charge on any atom is 0.161 e. The normalized spacial score (nSPS) is 15.6. The molecule has 1 fully saturated rings. The predicted molar refractivity (Wildman–Crippen MR) is 112 cm³/mol. The van der Waals surface area contributed by atoms with Crippen molar-refractivity contribution < 1.29 is 9.47 Å². The number of benzene rings is 1. The number of nitrogens with one attached hydrogen (secondary N) is 1. The molecule has 1 N–H and O–H groups in total. The monoisotopic (exact) mass is 468 g/mol. The van der Waals surface area contributed by atoms with Gasteiger partial charge in [-0.1, -0.05) is 22.0 Å². The van der Waals surface area contributed by atoms with Crippen LogP contribution in [-0.4, -0.2) is 45.3 Å². The lowest BCUT2D eigenvalue weighted by atomic mass is 10.0. The van der Waals surface area contributed by atoms with Crippen LogP contribution >= 0.6 is 52.1 Å². The third-order valence-electron chi connectivity index (χ3n) is 4.13. The zero-order valence-electron chi connectivity index (χ0n) is 14.2. The fraction of sp³-hybridized carbons (Fsp3) is 0.412. The molecule has 8 heteroatoms. The first-order chi connectivity index (χ1) is 11.2. The first-order valence-electron chi connectivity index (χ1n) is 7.64. The Bertz CT molecular complexity index is 652. The fourth-order valence-corrected chi connectivity index (χ4v) is 4.41. The van der Waals surface area contributed by atoms with Crippen molar-refractivity contribution in [2.45, 2.75) is 6.04 Å². The van der Waals surface area contributed by atoms with Gasteiger partial charge in [0.15, 0.2) is 11.5 Å². The van der Waals surface area contributed by atoms with Gasteiger partial charge in [-0.15, -0.1) is 36.2 Å². The van der Waals surface area contributed by atoms with E-state index in [0.29, 0.717) is 0 Å².